The average Bonchev–Trinajstić information content (AvgIpc) is 2.60. The van der Waals surface area contributed by atoms with E-state index in [1.165, 1.54) is 12.1 Å². The summed E-state index contributed by atoms with van der Waals surface area (Å²) in [5, 5.41) is 11.0. The molecule has 5 heteroatoms. The topological polar surface area (TPSA) is 69.4 Å². The van der Waals surface area contributed by atoms with Gasteiger partial charge in [0.05, 0.1) is 11.5 Å². The number of benzene rings is 2. The van der Waals surface area contributed by atoms with E-state index >= 15 is 0 Å². The molecule has 0 atom stereocenters. The van der Waals surface area contributed by atoms with Crippen molar-refractivity contribution < 1.29 is 14.5 Å². The quantitative estimate of drug-likeness (QED) is 0.346. The van der Waals surface area contributed by atoms with E-state index in [9.17, 15) is 14.9 Å². The fourth-order valence-electron chi connectivity index (χ4n) is 2.40. The number of nitrogens with zero attached hydrogens (tertiary/aromatic N) is 1. The third-order valence-electron chi connectivity index (χ3n) is 3.69. The normalized spacial score (nSPS) is 11.6. The first-order valence-electron chi connectivity index (χ1n) is 7.68. The summed E-state index contributed by atoms with van der Waals surface area (Å²) in [4.78, 5) is 22.9. The highest BCUT2D eigenvalue weighted by molar-refractivity contribution is 5.97. The van der Waals surface area contributed by atoms with Gasteiger partial charge in [-0.25, -0.2) is 4.79 Å². The van der Waals surface area contributed by atoms with E-state index in [0.717, 1.165) is 5.56 Å². The second-order valence-electron chi connectivity index (χ2n) is 5.29. The van der Waals surface area contributed by atoms with Crippen LogP contribution in [0.1, 0.15) is 25.0 Å². The summed E-state index contributed by atoms with van der Waals surface area (Å²) in [7, 11) is 0. The van der Waals surface area contributed by atoms with Crippen molar-refractivity contribution in [2.75, 3.05) is 6.61 Å². The third kappa shape index (κ3) is 4.29. The lowest BCUT2D eigenvalue weighted by atomic mass is 9.96. The molecule has 0 aliphatic rings. The highest BCUT2D eigenvalue weighted by atomic mass is 16.6. The van der Waals surface area contributed by atoms with Gasteiger partial charge in [-0.1, -0.05) is 42.5 Å². The number of hydrogen-bond acceptors (Lipinski definition) is 4. The second-order valence-corrected chi connectivity index (χ2v) is 5.29. The molecule has 0 aliphatic carbocycles. The van der Waals surface area contributed by atoms with E-state index < -0.39 is 10.9 Å². The Morgan fingerprint density at radius 3 is 2.46 bits per heavy atom. The second kappa shape index (κ2) is 8.06. The summed E-state index contributed by atoms with van der Waals surface area (Å²) in [5.74, 6) is -0.398. The van der Waals surface area contributed by atoms with E-state index in [1.807, 2.05) is 30.3 Å². The molecule has 5 nitrogen and oxygen atoms in total. The van der Waals surface area contributed by atoms with Crippen molar-refractivity contribution in [3.05, 3.63) is 81.4 Å². The molecule has 0 saturated carbocycles. The Morgan fingerprint density at radius 2 is 1.83 bits per heavy atom. The standard InChI is InChI=1S/C19H19NO4/c1-3-24-19(21)18(12-15-8-5-4-6-9-15)14(2)16-10-7-11-17(13-16)20(22)23/h4-11,13H,3,12H2,1-2H3/b18-14+. The van der Waals surface area contributed by atoms with Gasteiger partial charge in [0.15, 0.2) is 0 Å². The van der Waals surface area contributed by atoms with Crippen LogP contribution in [-0.4, -0.2) is 17.5 Å². The van der Waals surface area contributed by atoms with Crippen molar-refractivity contribution in [3.63, 3.8) is 0 Å². The summed E-state index contributed by atoms with van der Waals surface area (Å²) in [6, 6.07) is 15.8. The molecule has 0 unspecified atom stereocenters. The minimum Gasteiger partial charge on any atom is -0.463 e. The maximum absolute atomic E-state index is 12.4. The number of nitro benzene ring substituents is 1. The highest BCUT2D eigenvalue weighted by Crippen LogP contribution is 2.25. The summed E-state index contributed by atoms with van der Waals surface area (Å²) in [6.07, 6.45) is 0.411. The van der Waals surface area contributed by atoms with Gasteiger partial charge in [-0.05, 0) is 30.5 Å². The van der Waals surface area contributed by atoms with Crippen LogP contribution in [0.15, 0.2) is 60.2 Å². The van der Waals surface area contributed by atoms with Crippen molar-refractivity contribution in [2.24, 2.45) is 0 Å². The van der Waals surface area contributed by atoms with Gasteiger partial charge in [-0.2, -0.15) is 0 Å². The maximum Gasteiger partial charge on any atom is 0.334 e. The fourth-order valence-corrected chi connectivity index (χ4v) is 2.40. The van der Waals surface area contributed by atoms with E-state index in [1.54, 1.807) is 26.0 Å². The first kappa shape index (κ1) is 17.4. The van der Waals surface area contributed by atoms with Crippen molar-refractivity contribution in [2.45, 2.75) is 20.3 Å². The van der Waals surface area contributed by atoms with Crippen LogP contribution in [0.3, 0.4) is 0 Å². The van der Waals surface area contributed by atoms with Gasteiger partial charge >= 0.3 is 5.97 Å². The molecule has 0 amide bonds. The Kier molecular flexibility index (Phi) is 5.84. The molecule has 0 radical (unpaired) electrons. The number of ether oxygens (including phenoxy) is 1. The number of allylic oxidation sites excluding steroid dienone is 1. The predicted molar refractivity (Wildman–Crippen MR) is 92.5 cm³/mol. The zero-order valence-electron chi connectivity index (χ0n) is 13.7. The molecule has 2 aromatic carbocycles. The lowest BCUT2D eigenvalue weighted by molar-refractivity contribution is -0.384. The largest absolute Gasteiger partial charge is 0.463 e. The Balaban J connectivity index is 2.46. The van der Waals surface area contributed by atoms with Gasteiger partial charge in [0.2, 0.25) is 0 Å². The summed E-state index contributed by atoms with van der Waals surface area (Å²) in [6.45, 7) is 3.81. The number of non-ortho nitro benzene ring substituents is 1. The molecular weight excluding hydrogens is 306 g/mol. The monoisotopic (exact) mass is 325 g/mol. The Labute approximate surface area is 140 Å². The van der Waals surface area contributed by atoms with Gasteiger partial charge < -0.3 is 4.74 Å². The first-order valence-corrected chi connectivity index (χ1v) is 7.68. The fraction of sp³-hybridized carbons (Fsp3) is 0.211. The summed E-state index contributed by atoms with van der Waals surface area (Å²) < 4.78 is 5.17. The van der Waals surface area contributed by atoms with Crippen LogP contribution in [0.25, 0.3) is 5.57 Å². The minimum atomic E-state index is -0.446. The molecule has 124 valence electrons. The predicted octanol–water partition coefficient (Wildman–Crippen LogP) is 4.17. The van der Waals surface area contributed by atoms with Crippen molar-refractivity contribution >= 4 is 17.2 Å². The Hall–Kier alpha value is -2.95. The molecule has 0 heterocycles. The number of carbonyl (C=O) groups excluding carboxylic acids is 1. The molecule has 24 heavy (non-hydrogen) atoms. The van der Waals surface area contributed by atoms with Crippen LogP contribution in [0.4, 0.5) is 5.69 Å². The van der Waals surface area contributed by atoms with Crippen molar-refractivity contribution in [3.8, 4) is 0 Å². The van der Waals surface area contributed by atoms with E-state index in [2.05, 4.69) is 0 Å². The van der Waals surface area contributed by atoms with Gasteiger partial charge in [-0.3, -0.25) is 10.1 Å². The molecule has 0 fully saturated rings. The number of nitro groups is 1. The van der Waals surface area contributed by atoms with Crippen LogP contribution in [0.2, 0.25) is 0 Å². The van der Waals surface area contributed by atoms with E-state index in [-0.39, 0.29) is 12.3 Å². The van der Waals surface area contributed by atoms with Crippen LogP contribution in [-0.2, 0) is 16.0 Å². The SMILES string of the molecule is CCOC(=O)/C(Cc1ccccc1)=C(\C)c1cccc([N+](=O)[O-])c1. The van der Waals surface area contributed by atoms with E-state index in [4.69, 9.17) is 4.74 Å². The van der Waals surface area contributed by atoms with Gasteiger partial charge in [-0.15, -0.1) is 0 Å². The summed E-state index contributed by atoms with van der Waals surface area (Å²) >= 11 is 0. The van der Waals surface area contributed by atoms with Crippen LogP contribution in [0.5, 0.6) is 0 Å². The van der Waals surface area contributed by atoms with Crippen LogP contribution < -0.4 is 0 Å². The van der Waals surface area contributed by atoms with Crippen molar-refractivity contribution in [1.82, 2.24) is 0 Å². The molecule has 0 bridgehead atoms. The van der Waals surface area contributed by atoms with E-state index in [0.29, 0.717) is 23.1 Å². The minimum absolute atomic E-state index is 0.00484. The average molecular weight is 325 g/mol. The molecule has 2 rings (SSSR count). The first-order chi connectivity index (χ1) is 11.5. The smallest absolute Gasteiger partial charge is 0.334 e. The lowest BCUT2D eigenvalue weighted by Gasteiger charge is -2.12. The molecule has 0 N–H and O–H groups in total. The zero-order chi connectivity index (χ0) is 17.5. The van der Waals surface area contributed by atoms with Gasteiger partial charge in [0, 0.05) is 24.1 Å². The Morgan fingerprint density at radius 1 is 1.12 bits per heavy atom. The molecule has 0 saturated heterocycles. The summed E-state index contributed by atoms with van der Waals surface area (Å²) in [5.41, 5.74) is 2.80. The number of esters is 1. The number of hydrogen-bond donors (Lipinski definition) is 0. The number of rotatable bonds is 6. The molecule has 0 aromatic heterocycles. The van der Waals surface area contributed by atoms with Gasteiger partial charge in [0.1, 0.15) is 0 Å². The Bertz CT molecular complexity index is 766. The zero-order valence-corrected chi connectivity index (χ0v) is 13.7. The third-order valence-corrected chi connectivity index (χ3v) is 3.69. The van der Waals surface area contributed by atoms with Gasteiger partial charge in [0.25, 0.3) is 5.69 Å². The maximum atomic E-state index is 12.4. The lowest BCUT2D eigenvalue weighted by Crippen LogP contribution is -2.12. The van der Waals surface area contributed by atoms with Crippen LogP contribution in [0, 0.1) is 10.1 Å². The molecular formula is C19H19NO4. The van der Waals surface area contributed by atoms with Crippen molar-refractivity contribution in [1.29, 1.82) is 0 Å². The highest BCUT2D eigenvalue weighted by Gasteiger charge is 2.17. The number of carbonyl (C=O) groups is 1. The molecule has 0 spiro atoms. The molecule has 2 aromatic rings. The molecule has 0 aliphatic heterocycles. The van der Waals surface area contributed by atoms with Crippen LogP contribution >= 0.6 is 0 Å².